The third-order valence-electron chi connectivity index (χ3n) is 4.12. The summed E-state index contributed by atoms with van der Waals surface area (Å²) in [5.41, 5.74) is 7.31. The lowest BCUT2D eigenvalue weighted by atomic mass is 9.92. The summed E-state index contributed by atoms with van der Waals surface area (Å²) in [6.45, 7) is 0. The van der Waals surface area contributed by atoms with E-state index in [4.69, 9.17) is 5.73 Å². The topological polar surface area (TPSA) is 50.9 Å². The summed E-state index contributed by atoms with van der Waals surface area (Å²) >= 11 is 0. The number of rotatable bonds is 3. The molecule has 0 saturated heterocycles. The van der Waals surface area contributed by atoms with Gasteiger partial charge in [-0.25, -0.2) is 0 Å². The van der Waals surface area contributed by atoms with Gasteiger partial charge >= 0.3 is 0 Å². The number of aromatic nitrogens is 1. The Kier molecular flexibility index (Phi) is 4.60. The van der Waals surface area contributed by atoms with E-state index >= 15 is 0 Å². The van der Waals surface area contributed by atoms with Crippen molar-refractivity contribution < 1.29 is 0 Å². The maximum absolute atomic E-state index is 5.93. The van der Waals surface area contributed by atoms with Gasteiger partial charge in [-0.15, -0.1) is 12.4 Å². The fourth-order valence-electron chi connectivity index (χ4n) is 2.93. The van der Waals surface area contributed by atoms with Crippen molar-refractivity contribution in [1.29, 1.82) is 0 Å². The molecule has 3 N–H and O–H groups in total. The summed E-state index contributed by atoms with van der Waals surface area (Å²) in [6, 6.07) is 6.04. The third kappa shape index (κ3) is 3.22. The molecule has 100 valence electrons. The van der Waals surface area contributed by atoms with Crippen molar-refractivity contribution in [2.24, 2.45) is 5.73 Å². The Balaban J connectivity index is 0.00000120. The highest BCUT2D eigenvalue weighted by atomic mass is 35.5. The van der Waals surface area contributed by atoms with E-state index in [2.05, 4.69) is 16.4 Å². The van der Waals surface area contributed by atoms with Crippen LogP contribution in [0, 0.1) is 0 Å². The number of hydrogen-bond donors (Lipinski definition) is 2. The van der Waals surface area contributed by atoms with E-state index in [1.165, 1.54) is 37.7 Å². The highest BCUT2D eigenvalue weighted by Crippen LogP contribution is 2.41. The molecule has 3 rings (SSSR count). The highest BCUT2D eigenvalue weighted by Gasteiger charge is 2.39. The first kappa shape index (κ1) is 13.8. The predicted molar refractivity (Wildman–Crippen MR) is 76.0 cm³/mol. The van der Waals surface area contributed by atoms with Crippen LogP contribution in [0.5, 0.6) is 0 Å². The van der Waals surface area contributed by atoms with Crippen molar-refractivity contribution in [3.63, 3.8) is 0 Å². The summed E-state index contributed by atoms with van der Waals surface area (Å²) in [4.78, 5) is 4.19. The number of nitrogens with zero attached hydrogens (tertiary/aromatic N) is 1. The molecule has 3 nitrogen and oxygen atoms in total. The molecule has 2 unspecified atom stereocenters. The zero-order valence-corrected chi connectivity index (χ0v) is 11.4. The number of nitrogens with two attached hydrogens (primary N) is 1. The predicted octanol–water partition coefficient (Wildman–Crippen LogP) is 2.22. The van der Waals surface area contributed by atoms with Gasteiger partial charge in [0.2, 0.25) is 0 Å². The van der Waals surface area contributed by atoms with Crippen molar-refractivity contribution in [3.8, 4) is 0 Å². The summed E-state index contributed by atoms with van der Waals surface area (Å²) in [5, 5.41) is 3.78. The molecule has 2 saturated carbocycles. The van der Waals surface area contributed by atoms with Gasteiger partial charge in [-0.05, 0) is 43.7 Å². The van der Waals surface area contributed by atoms with Gasteiger partial charge in [0.1, 0.15) is 0 Å². The van der Waals surface area contributed by atoms with Crippen molar-refractivity contribution in [2.45, 2.75) is 56.1 Å². The molecule has 2 atom stereocenters. The monoisotopic (exact) mass is 267 g/mol. The lowest BCUT2D eigenvalue weighted by molar-refractivity contribution is 0.339. The summed E-state index contributed by atoms with van der Waals surface area (Å²) in [7, 11) is 0. The number of hydrogen-bond acceptors (Lipinski definition) is 3. The van der Waals surface area contributed by atoms with Crippen molar-refractivity contribution in [2.75, 3.05) is 0 Å². The van der Waals surface area contributed by atoms with Crippen molar-refractivity contribution in [1.82, 2.24) is 10.3 Å². The van der Waals surface area contributed by atoms with E-state index in [-0.39, 0.29) is 12.4 Å². The van der Waals surface area contributed by atoms with Crippen LogP contribution in [0.25, 0.3) is 0 Å². The van der Waals surface area contributed by atoms with Crippen LogP contribution in [0.2, 0.25) is 0 Å². The first-order valence-electron chi connectivity index (χ1n) is 6.74. The molecule has 2 fully saturated rings. The van der Waals surface area contributed by atoms with Crippen LogP contribution in [0.15, 0.2) is 24.5 Å². The number of pyridine rings is 1. The Morgan fingerprint density at radius 3 is 2.67 bits per heavy atom. The molecule has 1 aromatic rings. The van der Waals surface area contributed by atoms with Gasteiger partial charge in [0.05, 0.1) is 0 Å². The van der Waals surface area contributed by atoms with E-state index in [9.17, 15) is 0 Å². The van der Waals surface area contributed by atoms with Gasteiger partial charge in [-0.1, -0.05) is 6.07 Å². The fourth-order valence-corrected chi connectivity index (χ4v) is 2.93. The van der Waals surface area contributed by atoms with Crippen LogP contribution < -0.4 is 11.1 Å². The third-order valence-corrected chi connectivity index (χ3v) is 4.12. The Morgan fingerprint density at radius 1 is 1.22 bits per heavy atom. The Labute approximate surface area is 115 Å². The second kappa shape index (κ2) is 6.00. The van der Waals surface area contributed by atoms with Crippen LogP contribution in [0.1, 0.15) is 43.6 Å². The normalized spacial score (nSPS) is 34.7. The van der Waals surface area contributed by atoms with Crippen LogP contribution >= 0.6 is 12.4 Å². The molecule has 0 aliphatic heterocycles. The van der Waals surface area contributed by atoms with E-state index in [1.54, 1.807) is 0 Å². The Hall–Kier alpha value is -0.640. The van der Waals surface area contributed by atoms with Gasteiger partial charge in [-0.2, -0.15) is 0 Å². The lowest BCUT2D eigenvalue weighted by Gasteiger charge is -2.27. The first-order valence-corrected chi connectivity index (χ1v) is 6.74. The smallest absolute Gasteiger partial charge is 0.0303 e. The highest BCUT2D eigenvalue weighted by molar-refractivity contribution is 5.85. The molecule has 4 heteroatoms. The van der Waals surface area contributed by atoms with Crippen molar-refractivity contribution in [3.05, 3.63) is 30.1 Å². The fraction of sp³-hybridized carbons (Fsp3) is 0.643. The second-order valence-corrected chi connectivity index (χ2v) is 5.51. The van der Waals surface area contributed by atoms with Gasteiger partial charge < -0.3 is 11.1 Å². The Bertz CT molecular complexity index is 363. The van der Waals surface area contributed by atoms with E-state index in [1.807, 2.05) is 18.5 Å². The van der Waals surface area contributed by atoms with Crippen LogP contribution in [-0.4, -0.2) is 23.1 Å². The molecule has 0 bridgehead atoms. The molecule has 2 aliphatic carbocycles. The second-order valence-electron chi connectivity index (χ2n) is 5.51. The minimum atomic E-state index is 0. The zero-order valence-electron chi connectivity index (χ0n) is 10.6. The van der Waals surface area contributed by atoms with Gasteiger partial charge in [0.15, 0.2) is 0 Å². The molecule has 2 aliphatic rings. The maximum Gasteiger partial charge on any atom is 0.0303 e. The number of halogens is 1. The number of nitrogens with one attached hydrogen (secondary N) is 1. The van der Waals surface area contributed by atoms with Gasteiger partial charge in [0.25, 0.3) is 0 Å². The van der Waals surface area contributed by atoms with Crippen LogP contribution in [-0.2, 0) is 0 Å². The molecule has 0 spiro atoms. The minimum Gasteiger partial charge on any atom is -0.328 e. The van der Waals surface area contributed by atoms with E-state index in [0.717, 1.165) is 0 Å². The molecule has 0 aromatic carbocycles. The van der Waals surface area contributed by atoms with Gasteiger partial charge in [-0.3, -0.25) is 4.98 Å². The largest absolute Gasteiger partial charge is 0.328 e. The summed E-state index contributed by atoms with van der Waals surface area (Å²) < 4.78 is 0. The van der Waals surface area contributed by atoms with Crippen LogP contribution in [0.4, 0.5) is 0 Å². The van der Waals surface area contributed by atoms with Crippen molar-refractivity contribution >= 4 is 12.4 Å². The molecule has 0 amide bonds. The van der Waals surface area contributed by atoms with Crippen LogP contribution in [0.3, 0.4) is 0 Å². The standard InChI is InChI=1S/C14H21N3.ClH/c15-11-3-5-12(6-4-11)17-14-8-13(14)10-2-1-7-16-9-10;/h1-2,7,9,11-14,17H,3-6,8,15H2;1H. The van der Waals surface area contributed by atoms with Gasteiger partial charge in [0, 0.05) is 36.4 Å². The summed E-state index contributed by atoms with van der Waals surface area (Å²) in [6.07, 6.45) is 9.98. The molecule has 1 heterocycles. The average molecular weight is 268 g/mol. The molecular formula is C14H22ClN3. The van der Waals surface area contributed by atoms with E-state index in [0.29, 0.717) is 24.0 Å². The zero-order chi connectivity index (χ0) is 11.7. The SMILES string of the molecule is Cl.NC1CCC(NC2CC2c2cccnc2)CC1. The molecular weight excluding hydrogens is 246 g/mol. The molecule has 0 radical (unpaired) electrons. The van der Waals surface area contributed by atoms with E-state index < -0.39 is 0 Å². The quantitative estimate of drug-likeness (QED) is 0.883. The summed E-state index contributed by atoms with van der Waals surface area (Å²) in [5.74, 6) is 0.694. The molecule has 1 aromatic heterocycles. The average Bonchev–Trinajstić information content (AvgIpc) is 3.13. The maximum atomic E-state index is 5.93. The Morgan fingerprint density at radius 2 is 2.00 bits per heavy atom. The minimum absolute atomic E-state index is 0. The lowest BCUT2D eigenvalue weighted by Crippen LogP contribution is -2.38. The first-order chi connectivity index (χ1) is 8.33. The molecule has 18 heavy (non-hydrogen) atoms.